The summed E-state index contributed by atoms with van der Waals surface area (Å²) in [4.78, 5) is 22.8. The largest absolute Gasteiger partial charge is 0.469 e. The van der Waals surface area contributed by atoms with Gasteiger partial charge >= 0.3 is 11.9 Å². The Morgan fingerprint density at radius 1 is 1.18 bits per heavy atom. The molecule has 0 heterocycles. The number of allylic oxidation sites excluding steroid dienone is 2. The van der Waals surface area contributed by atoms with E-state index in [1.165, 1.54) is 14.0 Å². The predicted octanol–water partition coefficient (Wildman–Crippen LogP) is 6.23. The number of carbonyl (C=O) groups excluding carboxylic acids is 2. The lowest BCUT2D eigenvalue weighted by Crippen LogP contribution is -2.18. The van der Waals surface area contributed by atoms with Gasteiger partial charge in [-0.05, 0) is 55.6 Å². The van der Waals surface area contributed by atoms with Gasteiger partial charge in [0, 0.05) is 24.6 Å². The summed E-state index contributed by atoms with van der Waals surface area (Å²) in [5, 5.41) is 10.6. The van der Waals surface area contributed by atoms with Crippen molar-refractivity contribution < 1.29 is 24.2 Å². The van der Waals surface area contributed by atoms with Crippen molar-refractivity contribution >= 4 is 23.5 Å². The second-order valence-electron chi connectivity index (χ2n) is 8.94. The van der Waals surface area contributed by atoms with Crippen molar-refractivity contribution in [2.45, 2.75) is 95.1 Å². The highest BCUT2D eigenvalue weighted by Crippen LogP contribution is 2.45. The van der Waals surface area contributed by atoms with Crippen molar-refractivity contribution in [2.75, 3.05) is 7.11 Å². The van der Waals surface area contributed by atoms with Crippen LogP contribution in [0, 0.1) is 5.92 Å². The number of hydrogen-bond acceptors (Lipinski definition) is 5. The molecule has 1 saturated carbocycles. The molecule has 1 aliphatic rings. The van der Waals surface area contributed by atoms with Gasteiger partial charge in [0.25, 0.3) is 0 Å². The van der Waals surface area contributed by atoms with E-state index in [9.17, 15) is 14.7 Å². The van der Waals surface area contributed by atoms with Crippen LogP contribution in [0.1, 0.15) is 94.8 Å². The number of rotatable bonds is 13. The van der Waals surface area contributed by atoms with E-state index >= 15 is 0 Å². The lowest BCUT2D eigenvalue weighted by atomic mass is 9.84. The van der Waals surface area contributed by atoms with Gasteiger partial charge in [-0.1, -0.05) is 56.2 Å². The van der Waals surface area contributed by atoms with Gasteiger partial charge in [-0.25, -0.2) is 0 Å². The number of carbonyl (C=O) groups is 2. The minimum atomic E-state index is -0.482. The van der Waals surface area contributed by atoms with Crippen molar-refractivity contribution in [3.05, 3.63) is 47.5 Å². The molecule has 1 aliphatic carbocycles. The Labute approximate surface area is 203 Å². The van der Waals surface area contributed by atoms with Crippen LogP contribution in [0.2, 0.25) is 0 Å². The van der Waals surface area contributed by atoms with E-state index in [0.717, 1.165) is 56.1 Å². The molecule has 0 aliphatic heterocycles. The standard InChI is InChI=1S/C27H39ClO5/c1-4-5-8-12-25(33-19(2)29)20-14-16-21(17-15-20)27-22(23(28)18-24(27)30)11-9-6-7-10-13-26(31)32-3/h6,9,14-17,22-25,27,30H,4-5,7-8,10-13,18H2,1-3H3/b9-6-/t22-,23+,24?,25?,27+/m0/s1. The van der Waals surface area contributed by atoms with Crippen LogP contribution in [0.25, 0.3) is 0 Å². The van der Waals surface area contributed by atoms with Crippen molar-refractivity contribution in [3.8, 4) is 0 Å². The summed E-state index contributed by atoms with van der Waals surface area (Å²) in [6.07, 6.45) is 10.9. The number of hydrogen-bond donors (Lipinski definition) is 1. The number of benzene rings is 1. The SMILES string of the molecule is CCCCCC(OC(C)=O)c1ccc([C@H]2C(O)C[C@@H](Cl)[C@@H]2C/C=C\CCCC(=O)OC)cc1. The molecule has 0 radical (unpaired) electrons. The molecule has 5 nitrogen and oxygen atoms in total. The van der Waals surface area contributed by atoms with E-state index in [1.807, 2.05) is 24.3 Å². The smallest absolute Gasteiger partial charge is 0.305 e. The summed E-state index contributed by atoms with van der Waals surface area (Å²) >= 11 is 6.62. The Morgan fingerprint density at radius 2 is 1.91 bits per heavy atom. The number of ether oxygens (including phenoxy) is 2. The average Bonchev–Trinajstić information content (AvgIpc) is 3.07. The van der Waals surface area contributed by atoms with Gasteiger partial charge in [0.1, 0.15) is 6.10 Å². The molecular weight excluding hydrogens is 440 g/mol. The molecule has 184 valence electrons. The summed E-state index contributed by atoms with van der Waals surface area (Å²) in [5.41, 5.74) is 2.05. The van der Waals surface area contributed by atoms with Crippen molar-refractivity contribution in [1.29, 1.82) is 0 Å². The van der Waals surface area contributed by atoms with Crippen LogP contribution in [-0.2, 0) is 19.1 Å². The highest BCUT2D eigenvalue weighted by atomic mass is 35.5. The number of unbranched alkanes of at least 4 members (excludes halogenated alkanes) is 3. The number of halogens is 1. The van der Waals surface area contributed by atoms with E-state index in [-0.39, 0.29) is 35.3 Å². The molecule has 0 bridgehead atoms. The third-order valence-electron chi connectivity index (χ3n) is 6.43. The summed E-state index contributed by atoms with van der Waals surface area (Å²) < 4.78 is 10.2. The molecule has 1 aromatic carbocycles. The maximum absolute atomic E-state index is 11.6. The first-order valence-electron chi connectivity index (χ1n) is 12.2. The lowest BCUT2D eigenvalue weighted by Gasteiger charge is -2.24. The lowest BCUT2D eigenvalue weighted by molar-refractivity contribution is -0.147. The third kappa shape index (κ3) is 8.78. The van der Waals surface area contributed by atoms with Gasteiger partial charge < -0.3 is 14.6 Å². The summed E-state index contributed by atoms with van der Waals surface area (Å²) in [6.45, 7) is 3.60. The first-order valence-corrected chi connectivity index (χ1v) is 12.6. The highest BCUT2D eigenvalue weighted by Gasteiger charge is 2.41. The molecule has 33 heavy (non-hydrogen) atoms. The van der Waals surface area contributed by atoms with Crippen LogP contribution < -0.4 is 0 Å². The van der Waals surface area contributed by atoms with Crippen LogP contribution in [0.15, 0.2) is 36.4 Å². The Bertz CT molecular complexity index is 760. The number of alkyl halides is 1. The van der Waals surface area contributed by atoms with Gasteiger partial charge in [0.05, 0.1) is 13.2 Å². The van der Waals surface area contributed by atoms with E-state index in [0.29, 0.717) is 12.8 Å². The van der Waals surface area contributed by atoms with Crippen LogP contribution in [0.3, 0.4) is 0 Å². The zero-order chi connectivity index (χ0) is 24.2. The predicted molar refractivity (Wildman–Crippen MR) is 131 cm³/mol. The fourth-order valence-corrected chi connectivity index (χ4v) is 5.11. The van der Waals surface area contributed by atoms with E-state index in [4.69, 9.17) is 16.3 Å². The quantitative estimate of drug-likeness (QED) is 0.157. The number of methoxy groups -OCH3 is 1. The zero-order valence-corrected chi connectivity index (χ0v) is 20.9. The molecule has 0 amide bonds. The average molecular weight is 479 g/mol. The summed E-state index contributed by atoms with van der Waals surface area (Å²) in [5.74, 6) is -0.352. The fraction of sp³-hybridized carbons (Fsp3) is 0.630. The normalized spacial score (nSPS) is 23.5. The zero-order valence-electron chi connectivity index (χ0n) is 20.2. The van der Waals surface area contributed by atoms with Crippen LogP contribution in [-0.4, -0.2) is 35.6 Å². The maximum atomic E-state index is 11.6. The molecule has 1 N–H and O–H groups in total. The topological polar surface area (TPSA) is 72.8 Å². The minimum absolute atomic E-state index is 0.0338. The number of esters is 2. The minimum Gasteiger partial charge on any atom is -0.469 e. The number of aliphatic hydroxyl groups is 1. The molecule has 2 rings (SSSR count). The molecule has 5 atom stereocenters. The summed E-state index contributed by atoms with van der Waals surface area (Å²) in [7, 11) is 1.40. The molecule has 0 spiro atoms. The van der Waals surface area contributed by atoms with Crippen molar-refractivity contribution in [3.63, 3.8) is 0 Å². The number of aliphatic hydroxyl groups excluding tert-OH is 1. The van der Waals surface area contributed by atoms with Gasteiger partial charge in [-0.2, -0.15) is 0 Å². The molecule has 0 aromatic heterocycles. The first kappa shape index (κ1) is 27.4. The van der Waals surface area contributed by atoms with Crippen LogP contribution in [0.4, 0.5) is 0 Å². The van der Waals surface area contributed by atoms with Gasteiger partial charge in [-0.3, -0.25) is 9.59 Å². The maximum Gasteiger partial charge on any atom is 0.305 e. The molecule has 6 heteroatoms. The van der Waals surface area contributed by atoms with Crippen molar-refractivity contribution in [1.82, 2.24) is 0 Å². The molecular formula is C27H39ClO5. The van der Waals surface area contributed by atoms with E-state index < -0.39 is 6.10 Å². The molecule has 1 aromatic rings. The van der Waals surface area contributed by atoms with E-state index in [2.05, 4.69) is 23.8 Å². The monoisotopic (exact) mass is 478 g/mol. The van der Waals surface area contributed by atoms with Gasteiger partial charge in [0.15, 0.2) is 0 Å². The first-order chi connectivity index (χ1) is 15.9. The second kappa shape index (κ2) is 14.4. The molecule has 2 unspecified atom stereocenters. The second-order valence-corrected chi connectivity index (χ2v) is 9.51. The Kier molecular flexibility index (Phi) is 12.0. The Hall–Kier alpha value is -1.85. The summed E-state index contributed by atoms with van der Waals surface area (Å²) in [6, 6.07) is 8.12. The third-order valence-corrected chi connectivity index (χ3v) is 6.93. The molecule has 0 saturated heterocycles. The van der Waals surface area contributed by atoms with Crippen molar-refractivity contribution in [2.24, 2.45) is 5.92 Å². The van der Waals surface area contributed by atoms with Gasteiger partial charge in [0.2, 0.25) is 0 Å². The van der Waals surface area contributed by atoms with Crippen LogP contribution in [0.5, 0.6) is 0 Å². The fourth-order valence-electron chi connectivity index (χ4n) is 4.67. The highest BCUT2D eigenvalue weighted by molar-refractivity contribution is 6.21. The Morgan fingerprint density at radius 3 is 2.55 bits per heavy atom. The Balaban J connectivity index is 2.03. The molecule has 1 fully saturated rings. The van der Waals surface area contributed by atoms with Gasteiger partial charge in [-0.15, -0.1) is 11.6 Å². The van der Waals surface area contributed by atoms with E-state index in [1.54, 1.807) is 0 Å². The van der Waals surface area contributed by atoms with Crippen LogP contribution >= 0.6 is 11.6 Å².